The first kappa shape index (κ1) is 18.6. The molecule has 0 fully saturated rings. The number of halogens is 1. The third-order valence-electron chi connectivity index (χ3n) is 4.04. The van der Waals surface area contributed by atoms with Crippen LogP contribution >= 0.6 is 0 Å². The molecule has 0 aliphatic heterocycles. The number of benzene rings is 2. The van der Waals surface area contributed by atoms with E-state index >= 15 is 0 Å². The number of nitrogens with one attached hydrogen (secondary N) is 1. The molecule has 3 nitrogen and oxygen atoms in total. The first-order chi connectivity index (χ1) is 11.0. The molecular weight excluding hydrogens is 325 g/mol. The largest absolute Gasteiger partial charge is 0.241 e. The summed E-state index contributed by atoms with van der Waals surface area (Å²) >= 11 is 0. The Bertz CT molecular complexity index is 821. The Kier molecular flexibility index (Phi) is 5.16. The van der Waals surface area contributed by atoms with Gasteiger partial charge in [-0.25, -0.2) is 17.5 Å². The Morgan fingerprint density at radius 1 is 1.04 bits per heavy atom. The van der Waals surface area contributed by atoms with Crippen LogP contribution in [0.3, 0.4) is 0 Å². The van der Waals surface area contributed by atoms with Crippen LogP contribution in [0.5, 0.6) is 0 Å². The number of hydrogen-bond acceptors (Lipinski definition) is 2. The van der Waals surface area contributed by atoms with Gasteiger partial charge < -0.3 is 0 Å². The highest BCUT2D eigenvalue weighted by Crippen LogP contribution is 2.25. The van der Waals surface area contributed by atoms with Crippen molar-refractivity contribution in [3.8, 4) is 0 Å². The van der Waals surface area contributed by atoms with E-state index in [1.165, 1.54) is 17.7 Å². The van der Waals surface area contributed by atoms with Crippen LogP contribution in [0.2, 0.25) is 0 Å². The molecule has 2 aromatic rings. The van der Waals surface area contributed by atoms with Gasteiger partial charge in [-0.1, -0.05) is 45.0 Å². The van der Waals surface area contributed by atoms with Crippen LogP contribution in [0.1, 0.15) is 50.4 Å². The summed E-state index contributed by atoms with van der Waals surface area (Å²) in [6.07, 6.45) is 0. The molecule has 0 amide bonds. The lowest BCUT2D eigenvalue weighted by atomic mass is 9.86. The lowest BCUT2D eigenvalue weighted by molar-refractivity contribution is 0.564. The van der Waals surface area contributed by atoms with E-state index in [-0.39, 0.29) is 16.4 Å². The van der Waals surface area contributed by atoms with Crippen molar-refractivity contribution in [2.24, 2.45) is 0 Å². The second-order valence-electron chi connectivity index (χ2n) is 7.12. The molecule has 5 heteroatoms. The fraction of sp³-hybridized carbons (Fsp3) is 0.368. The van der Waals surface area contributed by atoms with Gasteiger partial charge >= 0.3 is 0 Å². The molecule has 0 aromatic heterocycles. The molecule has 0 heterocycles. The summed E-state index contributed by atoms with van der Waals surface area (Å²) < 4.78 is 40.9. The normalized spacial score (nSPS) is 13.8. The van der Waals surface area contributed by atoms with Crippen LogP contribution < -0.4 is 4.72 Å². The van der Waals surface area contributed by atoms with E-state index in [9.17, 15) is 12.8 Å². The standard InChI is InChI=1S/C19H24FNO2S/c1-13-12-17(20)10-11-18(13)24(22,23)21-14(2)15-6-8-16(9-7-15)19(3,4)5/h6-12,14,21H,1-5H3. The predicted octanol–water partition coefficient (Wildman–Crippen LogP) is 4.47. The molecule has 1 N–H and O–H groups in total. The van der Waals surface area contributed by atoms with E-state index in [0.29, 0.717) is 5.56 Å². The van der Waals surface area contributed by atoms with Gasteiger partial charge in [0.1, 0.15) is 5.82 Å². The average molecular weight is 349 g/mol. The van der Waals surface area contributed by atoms with Gasteiger partial charge in [0.2, 0.25) is 10.0 Å². The second kappa shape index (κ2) is 6.65. The van der Waals surface area contributed by atoms with E-state index < -0.39 is 15.8 Å². The van der Waals surface area contributed by atoms with Crippen LogP contribution in [0, 0.1) is 12.7 Å². The van der Waals surface area contributed by atoms with Gasteiger partial charge in [0, 0.05) is 6.04 Å². The van der Waals surface area contributed by atoms with Gasteiger partial charge in [-0.2, -0.15) is 0 Å². The number of sulfonamides is 1. The number of hydrogen-bond donors (Lipinski definition) is 1. The highest BCUT2D eigenvalue weighted by Gasteiger charge is 2.21. The highest BCUT2D eigenvalue weighted by atomic mass is 32.2. The predicted molar refractivity (Wildman–Crippen MR) is 95.0 cm³/mol. The fourth-order valence-corrected chi connectivity index (χ4v) is 4.01. The van der Waals surface area contributed by atoms with Crippen molar-refractivity contribution in [1.29, 1.82) is 0 Å². The van der Waals surface area contributed by atoms with Crippen LogP contribution in [0.25, 0.3) is 0 Å². The highest BCUT2D eigenvalue weighted by molar-refractivity contribution is 7.89. The molecule has 0 aliphatic carbocycles. The number of rotatable bonds is 4. The van der Waals surface area contributed by atoms with Gasteiger partial charge in [-0.05, 0) is 54.2 Å². The average Bonchev–Trinajstić information content (AvgIpc) is 2.45. The molecule has 0 saturated carbocycles. The SMILES string of the molecule is Cc1cc(F)ccc1S(=O)(=O)NC(C)c1ccc(C(C)(C)C)cc1. The van der Waals surface area contributed by atoms with E-state index in [0.717, 1.165) is 11.6 Å². The molecule has 2 rings (SSSR count). The first-order valence-electron chi connectivity index (χ1n) is 7.89. The zero-order valence-corrected chi connectivity index (χ0v) is 15.5. The van der Waals surface area contributed by atoms with E-state index in [2.05, 4.69) is 25.5 Å². The molecule has 0 aliphatic rings. The topological polar surface area (TPSA) is 46.2 Å². The Balaban J connectivity index is 2.23. The van der Waals surface area contributed by atoms with Crippen LogP contribution in [-0.2, 0) is 15.4 Å². The van der Waals surface area contributed by atoms with Crippen molar-refractivity contribution >= 4 is 10.0 Å². The van der Waals surface area contributed by atoms with E-state index in [1.54, 1.807) is 13.8 Å². The maximum absolute atomic E-state index is 13.2. The van der Waals surface area contributed by atoms with Crippen LogP contribution in [-0.4, -0.2) is 8.42 Å². The van der Waals surface area contributed by atoms with E-state index in [1.807, 2.05) is 24.3 Å². The molecule has 130 valence electrons. The van der Waals surface area contributed by atoms with Gasteiger partial charge in [0.15, 0.2) is 0 Å². The minimum Gasteiger partial charge on any atom is -0.207 e. The molecular formula is C19H24FNO2S. The third-order valence-corrected chi connectivity index (χ3v) is 5.74. The number of aryl methyl sites for hydroxylation is 1. The third kappa shape index (κ3) is 4.22. The maximum Gasteiger partial charge on any atom is 0.241 e. The summed E-state index contributed by atoms with van der Waals surface area (Å²) in [5.74, 6) is -0.447. The Labute approximate surface area is 144 Å². The molecule has 24 heavy (non-hydrogen) atoms. The van der Waals surface area contributed by atoms with Crippen LogP contribution in [0.15, 0.2) is 47.4 Å². The molecule has 0 radical (unpaired) electrons. The smallest absolute Gasteiger partial charge is 0.207 e. The molecule has 0 bridgehead atoms. The van der Waals surface area contributed by atoms with Crippen molar-refractivity contribution in [1.82, 2.24) is 4.72 Å². The minimum atomic E-state index is -3.71. The maximum atomic E-state index is 13.2. The Morgan fingerprint density at radius 3 is 2.12 bits per heavy atom. The zero-order valence-electron chi connectivity index (χ0n) is 14.7. The second-order valence-corrected chi connectivity index (χ2v) is 8.81. The monoisotopic (exact) mass is 349 g/mol. The van der Waals surface area contributed by atoms with Crippen molar-refractivity contribution in [3.63, 3.8) is 0 Å². The molecule has 0 saturated heterocycles. The van der Waals surface area contributed by atoms with Gasteiger partial charge in [0.25, 0.3) is 0 Å². The van der Waals surface area contributed by atoms with E-state index in [4.69, 9.17) is 0 Å². The molecule has 1 unspecified atom stereocenters. The summed E-state index contributed by atoms with van der Waals surface area (Å²) in [6, 6.07) is 11.2. The van der Waals surface area contributed by atoms with Crippen molar-refractivity contribution in [2.45, 2.75) is 51.0 Å². The molecule has 1 atom stereocenters. The lowest BCUT2D eigenvalue weighted by Gasteiger charge is -2.21. The van der Waals surface area contributed by atoms with Crippen molar-refractivity contribution < 1.29 is 12.8 Å². The Morgan fingerprint density at radius 2 is 1.62 bits per heavy atom. The quantitative estimate of drug-likeness (QED) is 0.885. The summed E-state index contributed by atoms with van der Waals surface area (Å²) in [5, 5.41) is 0. The van der Waals surface area contributed by atoms with Gasteiger partial charge in [-0.15, -0.1) is 0 Å². The summed E-state index contributed by atoms with van der Waals surface area (Å²) in [6.45, 7) is 9.77. The first-order valence-corrected chi connectivity index (χ1v) is 9.38. The Hall–Kier alpha value is -1.72. The molecule has 2 aromatic carbocycles. The summed E-state index contributed by atoms with van der Waals surface area (Å²) in [7, 11) is -3.71. The van der Waals surface area contributed by atoms with Crippen molar-refractivity contribution in [3.05, 3.63) is 65.0 Å². The van der Waals surface area contributed by atoms with Gasteiger partial charge in [-0.3, -0.25) is 0 Å². The minimum absolute atomic E-state index is 0.0481. The fourth-order valence-electron chi connectivity index (χ4n) is 2.55. The van der Waals surface area contributed by atoms with Crippen molar-refractivity contribution in [2.75, 3.05) is 0 Å². The lowest BCUT2D eigenvalue weighted by Crippen LogP contribution is -2.27. The zero-order chi connectivity index (χ0) is 18.1. The molecule has 0 spiro atoms. The summed E-state index contributed by atoms with van der Waals surface area (Å²) in [5.41, 5.74) is 2.51. The van der Waals surface area contributed by atoms with Crippen LogP contribution in [0.4, 0.5) is 4.39 Å². The van der Waals surface area contributed by atoms with Gasteiger partial charge in [0.05, 0.1) is 4.90 Å². The summed E-state index contributed by atoms with van der Waals surface area (Å²) in [4.78, 5) is 0.0991.